The first-order chi connectivity index (χ1) is 9.63. The van der Waals surface area contributed by atoms with E-state index in [-0.39, 0.29) is 12.2 Å². The smallest absolute Gasteiger partial charge is 0.0726 e. The fraction of sp³-hybridized carbons (Fsp3) is 0.625. The molecule has 1 heterocycles. The van der Waals surface area contributed by atoms with Gasteiger partial charge in [-0.1, -0.05) is 17.7 Å². The molecule has 3 rings (SSSR count). The summed E-state index contributed by atoms with van der Waals surface area (Å²) in [6.45, 7) is 6.99. The number of nitrogens with zero attached hydrogens (tertiary/aromatic N) is 1. The van der Waals surface area contributed by atoms with E-state index in [1.165, 1.54) is 24.1 Å². The predicted octanol–water partition coefficient (Wildman–Crippen LogP) is 3.21. The van der Waals surface area contributed by atoms with Crippen LogP contribution in [0.3, 0.4) is 0 Å². The Labute approximate surface area is 126 Å². The molecule has 1 saturated carbocycles. The zero-order chi connectivity index (χ0) is 14.1. The highest BCUT2D eigenvalue weighted by molar-refractivity contribution is 6.31. The van der Waals surface area contributed by atoms with E-state index in [4.69, 9.17) is 16.3 Å². The Morgan fingerprint density at radius 1 is 1.25 bits per heavy atom. The van der Waals surface area contributed by atoms with E-state index in [0.29, 0.717) is 6.04 Å². The maximum atomic E-state index is 6.43. The van der Waals surface area contributed by atoms with Gasteiger partial charge in [-0.25, -0.2) is 0 Å². The van der Waals surface area contributed by atoms with Crippen molar-refractivity contribution in [2.45, 2.75) is 51.5 Å². The van der Waals surface area contributed by atoms with E-state index in [9.17, 15) is 0 Å². The van der Waals surface area contributed by atoms with E-state index in [1.807, 2.05) is 12.1 Å². The van der Waals surface area contributed by atoms with Gasteiger partial charge in [0.05, 0.1) is 12.2 Å². The molecule has 1 aliphatic carbocycles. The van der Waals surface area contributed by atoms with Crippen molar-refractivity contribution in [3.8, 4) is 0 Å². The molecule has 2 atom stereocenters. The van der Waals surface area contributed by atoms with Gasteiger partial charge >= 0.3 is 0 Å². The summed E-state index contributed by atoms with van der Waals surface area (Å²) in [7, 11) is 0. The van der Waals surface area contributed by atoms with Crippen LogP contribution in [0.25, 0.3) is 0 Å². The summed E-state index contributed by atoms with van der Waals surface area (Å²) < 4.78 is 5.83. The number of anilines is 1. The Hall–Kier alpha value is -0.770. The van der Waals surface area contributed by atoms with Crippen LogP contribution in [0.4, 0.5) is 5.69 Å². The summed E-state index contributed by atoms with van der Waals surface area (Å²) >= 11 is 6.43. The quantitative estimate of drug-likeness (QED) is 0.923. The van der Waals surface area contributed by atoms with Gasteiger partial charge in [0.25, 0.3) is 0 Å². The second kappa shape index (κ2) is 5.92. The molecular weight excluding hydrogens is 272 g/mol. The summed E-state index contributed by atoms with van der Waals surface area (Å²) in [6, 6.07) is 6.91. The lowest BCUT2D eigenvalue weighted by molar-refractivity contribution is -0.00526. The van der Waals surface area contributed by atoms with E-state index < -0.39 is 0 Å². The fourth-order valence-electron chi connectivity index (χ4n) is 2.93. The lowest BCUT2D eigenvalue weighted by Crippen LogP contribution is -2.46. The molecule has 2 aliphatic rings. The molecule has 2 fully saturated rings. The highest BCUT2D eigenvalue weighted by Gasteiger charge is 2.26. The summed E-state index contributed by atoms with van der Waals surface area (Å²) in [5, 5.41) is 4.44. The van der Waals surface area contributed by atoms with Crippen LogP contribution < -0.4 is 10.2 Å². The number of ether oxygens (including phenoxy) is 1. The van der Waals surface area contributed by atoms with Crippen molar-refractivity contribution in [2.24, 2.45) is 0 Å². The first kappa shape index (κ1) is 14.2. The van der Waals surface area contributed by atoms with Gasteiger partial charge in [-0.3, -0.25) is 0 Å². The van der Waals surface area contributed by atoms with Gasteiger partial charge in [0.15, 0.2) is 0 Å². The van der Waals surface area contributed by atoms with Gasteiger partial charge in [0.1, 0.15) is 0 Å². The zero-order valence-corrected chi connectivity index (χ0v) is 13.0. The van der Waals surface area contributed by atoms with Crippen molar-refractivity contribution in [1.82, 2.24) is 5.32 Å². The van der Waals surface area contributed by atoms with Gasteiger partial charge < -0.3 is 15.0 Å². The van der Waals surface area contributed by atoms with Crippen LogP contribution in [-0.4, -0.2) is 31.3 Å². The number of benzene rings is 1. The van der Waals surface area contributed by atoms with Crippen LogP contribution in [0.1, 0.15) is 32.3 Å². The van der Waals surface area contributed by atoms with Crippen molar-refractivity contribution in [1.29, 1.82) is 0 Å². The average molecular weight is 295 g/mol. The number of hydrogen-bond donors (Lipinski definition) is 1. The third-order valence-electron chi connectivity index (χ3n) is 4.00. The molecule has 1 N–H and O–H groups in total. The van der Waals surface area contributed by atoms with Crippen LogP contribution in [-0.2, 0) is 11.3 Å². The molecule has 0 radical (unpaired) electrons. The molecule has 0 aromatic heterocycles. The van der Waals surface area contributed by atoms with Crippen LogP contribution in [0.5, 0.6) is 0 Å². The molecular formula is C16H23ClN2O. The minimum Gasteiger partial charge on any atom is -0.372 e. The largest absolute Gasteiger partial charge is 0.372 e. The van der Waals surface area contributed by atoms with Crippen molar-refractivity contribution in [3.63, 3.8) is 0 Å². The van der Waals surface area contributed by atoms with Crippen molar-refractivity contribution < 1.29 is 4.74 Å². The maximum Gasteiger partial charge on any atom is 0.0726 e. The minimum atomic E-state index is 0.266. The third kappa shape index (κ3) is 3.27. The molecule has 0 bridgehead atoms. The van der Waals surface area contributed by atoms with Gasteiger partial charge in [0, 0.05) is 41.9 Å². The van der Waals surface area contributed by atoms with Crippen LogP contribution in [0.15, 0.2) is 18.2 Å². The standard InChI is InChI=1S/C16H23ClN2O/c1-11-9-19(10-12(2)20-11)16-5-3-4-15(17)14(16)8-18-13-6-7-13/h3-5,11-13,18H,6-10H2,1-2H3. The monoisotopic (exact) mass is 294 g/mol. The summed E-state index contributed by atoms with van der Waals surface area (Å²) in [6.07, 6.45) is 3.13. The first-order valence-electron chi connectivity index (χ1n) is 7.54. The second-order valence-corrected chi connectivity index (χ2v) is 6.46. The van der Waals surface area contributed by atoms with Crippen molar-refractivity contribution in [3.05, 3.63) is 28.8 Å². The van der Waals surface area contributed by atoms with Crippen molar-refractivity contribution >= 4 is 17.3 Å². The average Bonchev–Trinajstić information content (AvgIpc) is 3.20. The second-order valence-electron chi connectivity index (χ2n) is 6.05. The molecule has 0 spiro atoms. The predicted molar refractivity (Wildman–Crippen MR) is 83.5 cm³/mol. The Bertz CT molecular complexity index is 466. The Kier molecular flexibility index (Phi) is 4.20. The molecule has 3 nitrogen and oxygen atoms in total. The lowest BCUT2D eigenvalue weighted by Gasteiger charge is -2.38. The molecule has 110 valence electrons. The number of rotatable bonds is 4. The molecule has 1 saturated heterocycles. The molecule has 4 heteroatoms. The van der Waals surface area contributed by atoms with Gasteiger partial charge in [-0.05, 0) is 38.8 Å². The molecule has 1 aromatic carbocycles. The molecule has 2 unspecified atom stereocenters. The van der Waals surface area contributed by atoms with Crippen LogP contribution in [0.2, 0.25) is 5.02 Å². The lowest BCUT2D eigenvalue weighted by atomic mass is 10.1. The summed E-state index contributed by atoms with van der Waals surface area (Å²) in [5.41, 5.74) is 2.48. The molecule has 0 amide bonds. The Morgan fingerprint density at radius 3 is 2.60 bits per heavy atom. The number of nitrogens with one attached hydrogen (secondary N) is 1. The number of hydrogen-bond acceptors (Lipinski definition) is 3. The topological polar surface area (TPSA) is 24.5 Å². The van der Waals surface area contributed by atoms with Gasteiger partial charge in [-0.15, -0.1) is 0 Å². The zero-order valence-electron chi connectivity index (χ0n) is 12.2. The summed E-state index contributed by atoms with van der Waals surface area (Å²) in [5.74, 6) is 0. The van der Waals surface area contributed by atoms with E-state index in [0.717, 1.165) is 24.7 Å². The number of halogens is 1. The van der Waals surface area contributed by atoms with E-state index in [1.54, 1.807) is 0 Å². The van der Waals surface area contributed by atoms with Crippen LogP contribution >= 0.6 is 11.6 Å². The molecule has 1 aromatic rings. The van der Waals surface area contributed by atoms with Crippen LogP contribution in [0, 0.1) is 0 Å². The Morgan fingerprint density at radius 2 is 1.95 bits per heavy atom. The SMILES string of the molecule is CC1CN(c2cccc(Cl)c2CNC2CC2)CC(C)O1. The normalized spacial score (nSPS) is 26.9. The van der Waals surface area contributed by atoms with Gasteiger partial charge in [0.2, 0.25) is 0 Å². The minimum absolute atomic E-state index is 0.266. The Balaban J connectivity index is 1.81. The van der Waals surface area contributed by atoms with Crippen molar-refractivity contribution in [2.75, 3.05) is 18.0 Å². The first-order valence-corrected chi connectivity index (χ1v) is 7.92. The third-order valence-corrected chi connectivity index (χ3v) is 4.35. The molecule has 1 aliphatic heterocycles. The highest BCUT2D eigenvalue weighted by Crippen LogP contribution is 2.31. The number of morpholine rings is 1. The van der Waals surface area contributed by atoms with E-state index in [2.05, 4.69) is 30.1 Å². The van der Waals surface area contributed by atoms with E-state index >= 15 is 0 Å². The summed E-state index contributed by atoms with van der Waals surface area (Å²) in [4.78, 5) is 2.41. The molecule has 20 heavy (non-hydrogen) atoms. The fourth-order valence-corrected chi connectivity index (χ4v) is 3.16. The van der Waals surface area contributed by atoms with Gasteiger partial charge in [-0.2, -0.15) is 0 Å². The highest BCUT2D eigenvalue weighted by atomic mass is 35.5. The maximum absolute atomic E-state index is 6.43.